The lowest BCUT2D eigenvalue weighted by molar-refractivity contribution is 0.415. The number of aromatic nitrogens is 1. The summed E-state index contributed by atoms with van der Waals surface area (Å²) in [5.41, 5.74) is 2.09. The van der Waals surface area contributed by atoms with Gasteiger partial charge in [0.1, 0.15) is 5.75 Å². The van der Waals surface area contributed by atoms with Gasteiger partial charge in [-0.1, -0.05) is 11.6 Å². The van der Waals surface area contributed by atoms with Crippen LogP contribution in [0.15, 0.2) is 18.3 Å². The molecule has 3 nitrogen and oxygen atoms in total. The largest absolute Gasteiger partial charge is 0.495 e. The number of nitrogens with one attached hydrogen (secondary N) is 1. The van der Waals surface area contributed by atoms with Crippen molar-refractivity contribution in [3.8, 4) is 11.8 Å². The van der Waals surface area contributed by atoms with Gasteiger partial charge in [-0.15, -0.1) is 0 Å². The van der Waals surface area contributed by atoms with E-state index in [0.717, 1.165) is 22.9 Å². The molecule has 0 aliphatic rings. The molecule has 82 valence electrons. The molecule has 0 amide bonds. The van der Waals surface area contributed by atoms with E-state index in [1.807, 2.05) is 18.3 Å². The van der Waals surface area contributed by atoms with Crippen molar-refractivity contribution in [3.05, 3.63) is 28.9 Å². The van der Waals surface area contributed by atoms with E-state index in [1.54, 1.807) is 7.11 Å². The molecular weight excluding hydrogens is 224 g/mol. The molecule has 1 heterocycles. The zero-order valence-corrected chi connectivity index (χ0v) is 9.64. The third kappa shape index (κ3) is 1.84. The molecule has 0 radical (unpaired) electrons. The van der Waals surface area contributed by atoms with Gasteiger partial charge in [-0.3, -0.25) is 0 Å². The van der Waals surface area contributed by atoms with Crippen molar-refractivity contribution in [3.63, 3.8) is 0 Å². The number of hydrogen-bond acceptors (Lipinski definition) is 2. The number of H-pyrrole nitrogens is 1. The molecule has 2 aromatic rings. The Kier molecular flexibility index (Phi) is 3.02. The van der Waals surface area contributed by atoms with E-state index < -0.39 is 0 Å². The van der Waals surface area contributed by atoms with Crippen LogP contribution >= 0.6 is 11.6 Å². The SMILES string of the molecule is COc1cc2c(CCC#N)c[nH]c2cc1Cl. The van der Waals surface area contributed by atoms with E-state index in [0.29, 0.717) is 17.2 Å². The van der Waals surface area contributed by atoms with Crippen LogP contribution in [0, 0.1) is 11.3 Å². The van der Waals surface area contributed by atoms with E-state index in [-0.39, 0.29) is 0 Å². The minimum atomic E-state index is 0.512. The van der Waals surface area contributed by atoms with E-state index in [2.05, 4.69) is 11.1 Å². The maximum atomic E-state index is 8.58. The van der Waals surface area contributed by atoms with E-state index >= 15 is 0 Å². The number of benzene rings is 1. The zero-order chi connectivity index (χ0) is 11.5. The molecule has 0 atom stereocenters. The second-order valence-corrected chi connectivity index (χ2v) is 3.91. The van der Waals surface area contributed by atoms with Crippen LogP contribution in [0.4, 0.5) is 0 Å². The summed E-state index contributed by atoms with van der Waals surface area (Å²) in [5.74, 6) is 0.659. The normalized spacial score (nSPS) is 10.3. The second-order valence-electron chi connectivity index (χ2n) is 3.50. The molecule has 1 aromatic carbocycles. The van der Waals surface area contributed by atoms with Crippen molar-refractivity contribution in [1.82, 2.24) is 4.98 Å². The van der Waals surface area contributed by atoms with Crippen LogP contribution in [0.25, 0.3) is 10.9 Å². The second kappa shape index (κ2) is 4.46. The third-order valence-electron chi connectivity index (χ3n) is 2.55. The van der Waals surface area contributed by atoms with Gasteiger partial charge in [0.2, 0.25) is 0 Å². The highest BCUT2D eigenvalue weighted by Gasteiger charge is 2.08. The summed E-state index contributed by atoms with van der Waals surface area (Å²) in [6, 6.07) is 5.88. The first-order valence-electron chi connectivity index (χ1n) is 4.96. The Balaban J connectivity index is 2.50. The Labute approximate surface area is 98.6 Å². The summed E-state index contributed by atoms with van der Waals surface area (Å²) in [5, 5.41) is 10.2. The fourth-order valence-electron chi connectivity index (χ4n) is 1.73. The molecule has 16 heavy (non-hydrogen) atoms. The molecule has 1 aromatic heterocycles. The average Bonchev–Trinajstić information content (AvgIpc) is 2.67. The Morgan fingerprint density at radius 3 is 3.00 bits per heavy atom. The fourth-order valence-corrected chi connectivity index (χ4v) is 1.98. The topological polar surface area (TPSA) is 48.8 Å². The fraction of sp³-hybridized carbons (Fsp3) is 0.250. The van der Waals surface area contributed by atoms with Gasteiger partial charge < -0.3 is 9.72 Å². The average molecular weight is 235 g/mol. The van der Waals surface area contributed by atoms with Gasteiger partial charge in [0.05, 0.1) is 18.2 Å². The van der Waals surface area contributed by atoms with Gasteiger partial charge in [0, 0.05) is 23.5 Å². The summed E-state index contributed by atoms with van der Waals surface area (Å²) in [6.45, 7) is 0. The van der Waals surface area contributed by atoms with Crippen LogP contribution in [0.2, 0.25) is 5.02 Å². The zero-order valence-electron chi connectivity index (χ0n) is 8.88. The Hall–Kier alpha value is -1.66. The van der Waals surface area contributed by atoms with Gasteiger partial charge in [-0.05, 0) is 24.1 Å². The molecule has 0 saturated heterocycles. The Morgan fingerprint density at radius 1 is 1.50 bits per heavy atom. The molecule has 0 bridgehead atoms. The minimum absolute atomic E-state index is 0.512. The lowest BCUT2D eigenvalue weighted by Crippen LogP contribution is -1.85. The van der Waals surface area contributed by atoms with Crippen LogP contribution in [0.1, 0.15) is 12.0 Å². The van der Waals surface area contributed by atoms with Crippen LogP contribution < -0.4 is 4.74 Å². The van der Waals surface area contributed by atoms with Crippen LogP contribution in [-0.4, -0.2) is 12.1 Å². The number of methoxy groups -OCH3 is 1. The molecule has 2 rings (SSSR count). The number of fused-ring (bicyclic) bond motifs is 1. The van der Waals surface area contributed by atoms with Crippen molar-refractivity contribution in [2.24, 2.45) is 0 Å². The lowest BCUT2D eigenvalue weighted by atomic mass is 10.1. The van der Waals surface area contributed by atoms with E-state index in [1.165, 1.54) is 0 Å². The number of hydrogen-bond donors (Lipinski definition) is 1. The number of halogens is 1. The first-order chi connectivity index (χ1) is 7.76. The van der Waals surface area contributed by atoms with Crippen LogP contribution in [0.5, 0.6) is 5.75 Å². The first-order valence-corrected chi connectivity index (χ1v) is 5.34. The summed E-state index contributed by atoms with van der Waals surface area (Å²) in [4.78, 5) is 3.14. The van der Waals surface area contributed by atoms with Gasteiger partial charge in [-0.25, -0.2) is 0 Å². The van der Waals surface area contributed by atoms with E-state index in [4.69, 9.17) is 21.6 Å². The standard InChI is InChI=1S/C12H11ClN2O/c1-16-12-5-9-8(3-2-4-14)7-15-11(9)6-10(12)13/h5-7,15H,2-3H2,1H3. The number of rotatable bonds is 3. The van der Waals surface area contributed by atoms with Gasteiger partial charge >= 0.3 is 0 Å². The van der Waals surface area contributed by atoms with Crippen molar-refractivity contribution >= 4 is 22.5 Å². The molecule has 4 heteroatoms. The monoisotopic (exact) mass is 234 g/mol. The first kappa shape index (κ1) is 10.8. The highest BCUT2D eigenvalue weighted by atomic mass is 35.5. The number of ether oxygens (including phenoxy) is 1. The van der Waals surface area contributed by atoms with Crippen LogP contribution in [0.3, 0.4) is 0 Å². The number of aromatic amines is 1. The summed E-state index contributed by atoms with van der Waals surface area (Å²) in [7, 11) is 1.59. The van der Waals surface area contributed by atoms with Gasteiger partial charge in [0.25, 0.3) is 0 Å². The number of nitriles is 1. The molecule has 0 aliphatic heterocycles. The molecule has 0 fully saturated rings. The maximum Gasteiger partial charge on any atom is 0.138 e. The molecule has 0 saturated carbocycles. The highest BCUT2D eigenvalue weighted by Crippen LogP contribution is 2.31. The van der Waals surface area contributed by atoms with Crippen LogP contribution in [-0.2, 0) is 6.42 Å². The summed E-state index contributed by atoms with van der Waals surface area (Å²) in [6.07, 6.45) is 3.16. The third-order valence-corrected chi connectivity index (χ3v) is 2.84. The van der Waals surface area contributed by atoms with Gasteiger partial charge in [0.15, 0.2) is 0 Å². The van der Waals surface area contributed by atoms with Crippen molar-refractivity contribution in [2.45, 2.75) is 12.8 Å². The number of nitrogens with zero attached hydrogens (tertiary/aromatic N) is 1. The summed E-state index contributed by atoms with van der Waals surface area (Å²) >= 11 is 6.02. The smallest absolute Gasteiger partial charge is 0.138 e. The quantitative estimate of drug-likeness (QED) is 0.886. The predicted molar refractivity (Wildman–Crippen MR) is 63.8 cm³/mol. The van der Waals surface area contributed by atoms with E-state index in [9.17, 15) is 0 Å². The lowest BCUT2D eigenvalue weighted by Gasteiger charge is -2.03. The predicted octanol–water partition coefficient (Wildman–Crippen LogP) is 3.29. The maximum absolute atomic E-state index is 8.58. The molecule has 0 unspecified atom stereocenters. The highest BCUT2D eigenvalue weighted by molar-refractivity contribution is 6.32. The van der Waals surface area contributed by atoms with Crippen molar-refractivity contribution in [1.29, 1.82) is 5.26 Å². The van der Waals surface area contributed by atoms with Crippen molar-refractivity contribution in [2.75, 3.05) is 7.11 Å². The Bertz CT molecular complexity index is 554. The minimum Gasteiger partial charge on any atom is -0.495 e. The van der Waals surface area contributed by atoms with Gasteiger partial charge in [-0.2, -0.15) is 5.26 Å². The molecule has 0 spiro atoms. The van der Waals surface area contributed by atoms with Crippen molar-refractivity contribution < 1.29 is 4.74 Å². The number of aryl methyl sites for hydroxylation is 1. The molecule has 0 aliphatic carbocycles. The summed E-state index contributed by atoms with van der Waals surface area (Å²) < 4.78 is 5.17. The molecule has 1 N–H and O–H groups in total. The Morgan fingerprint density at radius 2 is 2.31 bits per heavy atom. The molecular formula is C12H11ClN2O.